The summed E-state index contributed by atoms with van der Waals surface area (Å²) in [5, 5.41) is 0. The highest BCUT2D eigenvalue weighted by molar-refractivity contribution is 6.15. The van der Waals surface area contributed by atoms with E-state index < -0.39 is 0 Å². The second kappa shape index (κ2) is 10.5. The maximum Gasteiger partial charge on any atom is 0.231 e. The lowest BCUT2D eigenvalue weighted by molar-refractivity contribution is 0.0872. The molecule has 2 aliphatic rings. The van der Waals surface area contributed by atoms with Crippen LogP contribution in [0.1, 0.15) is 27.0 Å². The Bertz CT molecular complexity index is 1410. The normalized spacial score (nSPS) is 15.3. The first-order valence-corrected chi connectivity index (χ1v) is 12.0. The fourth-order valence-electron chi connectivity index (χ4n) is 4.72. The van der Waals surface area contributed by atoms with Gasteiger partial charge in [-0.05, 0) is 48.0 Å². The summed E-state index contributed by atoms with van der Waals surface area (Å²) >= 11 is 0. The number of carbonyl (C=O) groups is 1. The molecule has 0 fully saturated rings. The Morgan fingerprint density at radius 3 is 2.29 bits per heavy atom. The average Bonchev–Trinajstić information content (AvgIpc) is 3.27. The number of allylic oxidation sites excluding steroid dienone is 1. The predicted octanol–water partition coefficient (Wildman–Crippen LogP) is 4.70. The highest BCUT2D eigenvalue weighted by Gasteiger charge is 2.34. The number of benzene rings is 3. The van der Waals surface area contributed by atoms with Crippen molar-refractivity contribution >= 4 is 11.9 Å². The molecule has 0 aromatic heterocycles. The molecule has 0 radical (unpaired) electrons. The number of ketones is 1. The molecule has 2 aliphatic heterocycles. The van der Waals surface area contributed by atoms with Crippen molar-refractivity contribution in [2.24, 2.45) is 0 Å². The number of Topliss-reactive ketones (excluding diaryl/α,β-unsaturated/α-hetero) is 1. The molecule has 0 amide bonds. The van der Waals surface area contributed by atoms with Crippen molar-refractivity contribution in [2.75, 3.05) is 42.3 Å². The zero-order chi connectivity index (χ0) is 26.8. The number of nitrogens with zero attached hydrogens (tertiary/aromatic N) is 1. The van der Waals surface area contributed by atoms with Crippen LogP contribution in [0.3, 0.4) is 0 Å². The molecule has 2 heterocycles. The molecule has 3 aromatic carbocycles. The molecule has 9 heteroatoms. The number of fused-ring (bicyclic) bond motifs is 3. The molecule has 3 aromatic rings. The maximum atomic E-state index is 13.3. The van der Waals surface area contributed by atoms with Gasteiger partial charge in [-0.15, -0.1) is 0 Å². The monoisotopic (exact) mass is 519 g/mol. The van der Waals surface area contributed by atoms with Crippen LogP contribution in [-0.2, 0) is 13.1 Å². The summed E-state index contributed by atoms with van der Waals surface area (Å²) in [6.45, 7) is 1.57. The Morgan fingerprint density at radius 2 is 1.58 bits per heavy atom. The van der Waals surface area contributed by atoms with Gasteiger partial charge in [0.15, 0.2) is 28.8 Å². The molecule has 0 atom stereocenters. The van der Waals surface area contributed by atoms with E-state index in [-0.39, 0.29) is 11.5 Å². The van der Waals surface area contributed by atoms with Gasteiger partial charge in [-0.3, -0.25) is 9.69 Å². The number of ether oxygens (including phenoxy) is 7. The number of carbonyl (C=O) groups excluding carboxylic acids is 1. The molecule has 198 valence electrons. The quantitative estimate of drug-likeness (QED) is 0.393. The Hall–Kier alpha value is -4.37. The van der Waals surface area contributed by atoms with Crippen molar-refractivity contribution in [3.8, 4) is 40.2 Å². The lowest BCUT2D eigenvalue weighted by Gasteiger charge is -2.29. The van der Waals surface area contributed by atoms with Crippen LogP contribution in [0.15, 0.2) is 48.2 Å². The van der Waals surface area contributed by atoms with Crippen molar-refractivity contribution in [3.63, 3.8) is 0 Å². The standard InChI is InChI=1S/C29H29NO8/c1-32-22-9-6-17(12-24(22)34-3)14-30-15-20-21(37-16-30)11-8-19-26(31)25(38-28(19)20)13-18-7-10-23(33-2)29(36-5)27(18)35-4/h6-13H,14-16H2,1-5H3/b25-13-. The fourth-order valence-corrected chi connectivity index (χ4v) is 4.72. The van der Waals surface area contributed by atoms with Gasteiger partial charge >= 0.3 is 0 Å². The Balaban J connectivity index is 1.42. The summed E-state index contributed by atoms with van der Waals surface area (Å²) in [7, 11) is 7.84. The third-order valence-electron chi connectivity index (χ3n) is 6.56. The minimum Gasteiger partial charge on any atom is -0.493 e. The molecule has 38 heavy (non-hydrogen) atoms. The minimum absolute atomic E-state index is 0.191. The van der Waals surface area contributed by atoms with E-state index in [1.807, 2.05) is 24.3 Å². The molecule has 0 bridgehead atoms. The molecular formula is C29H29NO8. The minimum atomic E-state index is -0.211. The molecule has 9 nitrogen and oxygen atoms in total. The summed E-state index contributed by atoms with van der Waals surface area (Å²) in [4.78, 5) is 15.4. The average molecular weight is 520 g/mol. The smallest absolute Gasteiger partial charge is 0.231 e. The highest BCUT2D eigenvalue weighted by atomic mass is 16.5. The van der Waals surface area contributed by atoms with Crippen LogP contribution in [-0.4, -0.2) is 53.0 Å². The first-order chi connectivity index (χ1) is 18.5. The van der Waals surface area contributed by atoms with Crippen LogP contribution in [0.25, 0.3) is 6.08 Å². The van der Waals surface area contributed by atoms with Gasteiger partial charge in [0.2, 0.25) is 11.5 Å². The third-order valence-corrected chi connectivity index (χ3v) is 6.56. The fraction of sp³-hybridized carbons (Fsp3) is 0.276. The third kappa shape index (κ3) is 4.45. The summed E-state index contributed by atoms with van der Waals surface area (Å²) in [5.74, 6) is 3.93. The summed E-state index contributed by atoms with van der Waals surface area (Å²) in [6, 6.07) is 12.9. The highest BCUT2D eigenvalue weighted by Crippen LogP contribution is 2.44. The second-order valence-corrected chi connectivity index (χ2v) is 8.73. The van der Waals surface area contributed by atoms with Crippen molar-refractivity contribution < 1.29 is 38.0 Å². The van der Waals surface area contributed by atoms with E-state index in [9.17, 15) is 4.79 Å². The molecule has 0 spiro atoms. The zero-order valence-corrected chi connectivity index (χ0v) is 22.0. The van der Waals surface area contributed by atoms with Crippen LogP contribution >= 0.6 is 0 Å². The lowest BCUT2D eigenvalue weighted by Crippen LogP contribution is -2.31. The Labute approximate surface area is 221 Å². The van der Waals surface area contributed by atoms with Gasteiger partial charge in [0, 0.05) is 18.7 Å². The molecule has 0 unspecified atom stereocenters. The zero-order valence-electron chi connectivity index (χ0n) is 22.0. The largest absolute Gasteiger partial charge is 0.493 e. The summed E-state index contributed by atoms with van der Waals surface area (Å²) in [5.41, 5.74) is 2.98. The Kier molecular flexibility index (Phi) is 7.02. The van der Waals surface area contributed by atoms with Gasteiger partial charge in [-0.1, -0.05) is 6.07 Å². The maximum absolute atomic E-state index is 13.3. The molecule has 5 rings (SSSR count). The van der Waals surface area contributed by atoms with Crippen LogP contribution in [0.2, 0.25) is 0 Å². The van der Waals surface area contributed by atoms with E-state index in [0.717, 1.165) is 11.1 Å². The van der Waals surface area contributed by atoms with Gasteiger partial charge in [0.05, 0.1) is 46.7 Å². The number of methoxy groups -OCH3 is 5. The van der Waals surface area contributed by atoms with E-state index >= 15 is 0 Å². The van der Waals surface area contributed by atoms with E-state index in [4.69, 9.17) is 33.2 Å². The van der Waals surface area contributed by atoms with E-state index in [1.54, 1.807) is 45.6 Å². The van der Waals surface area contributed by atoms with E-state index in [0.29, 0.717) is 71.2 Å². The van der Waals surface area contributed by atoms with Gasteiger partial charge in [0.25, 0.3) is 0 Å². The van der Waals surface area contributed by atoms with Gasteiger partial charge in [-0.2, -0.15) is 0 Å². The number of hydrogen-bond donors (Lipinski definition) is 0. The first-order valence-electron chi connectivity index (χ1n) is 12.0. The number of rotatable bonds is 8. The molecule has 0 saturated heterocycles. The molecular weight excluding hydrogens is 490 g/mol. The van der Waals surface area contributed by atoms with Crippen molar-refractivity contribution in [3.05, 3.63) is 70.5 Å². The van der Waals surface area contributed by atoms with Crippen molar-refractivity contribution in [1.82, 2.24) is 4.90 Å². The van der Waals surface area contributed by atoms with Crippen LogP contribution in [0, 0.1) is 0 Å². The number of hydrogen-bond acceptors (Lipinski definition) is 9. The predicted molar refractivity (Wildman–Crippen MR) is 140 cm³/mol. The van der Waals surface area contributed by atoms with Crippen LogP contribution in [0.5, 0.6) is 40.2 Å². The molecule has 0 N–H and O–H groups in total. The van der Waals surface area contributed by atoms with Crippen molar-refractivity contribution in [2.45, 2.75) is 13.1 Å². The summed E-state index contributed by atoms with van der Waals surface area (Å²) < 4.78 is 39.4. The Morgan fingerprint density at radius 1 is 0.842 bits per heavy atom. The van der Waals surface area contributed by atoms with Crippen molar-refractivity contribution in [1.29, 1.82) is 0 Å². The SMILES string of the molecule is COc1ccc(CN2COc3ccc4c(c3C2)O/C(=C\c2ccc(OC)c(OC)c2OC)C4=O)cc1OC. The van der Waals surface area contributed by atoms with Gasteiger partial charge in [-0.25, -0.2) is 0 Å². The topological polar surface area (TPSA) is 84.9 Å². The molecule has 0 saturated carbocycles. The van der Waals surface area contributed by atoms with Gasteiger partial charge in [0.1, 0.15) is 18.2 Å². The van der Waals surface area contributed by atoms with Gasteiger partial charge < -0.3 is 33.2 Å². The van der Waals surface area contributed by atoms with E-state index in [1.165, 1.54) is 14.2 Å². The lowest BCUT2D eigenvalue weighted by atomic mass is 10.0. The molecule has 0 aliphatic carbocycles. The summed E-state index contributed by atoms with van der Waals surface area (Å²) in [6.07, 6.45) is 1.65. The second-order valence-electron chi connectivity index (χ2n) is 8.73. The first kappa shape index (κ1) is 25.3. The van der Waals surface area contributed by atoms with Crippen LogP contribution in [0.4, 0.5) is 0 Å². The van der Waals surface area contributed by atoms with E-state index in [2.05, 4.69) is 4.90 Å². The van der Waals surface area contributed by atoms with Crippen LogP contribution < -0.4 is 33.2 Å².